The Morgan fingerprint density at radius 2 is 2.05 bits per heavy atom. The summed E-state index contributed by atoms with van der Waals surface area (Å²) in [7, 11) is -3.16. The van der Waals surface area contributed by atoms with E-state index in [-0.39, 0.29) is 11.8 Å². The molecule has 1 aliphatic heterocycles. The minimum Gasteiger partial charge on any atom is -0.378 e. The lowest BCUT2D eigenvalue weighted by atomic mass is 10.1. The number of hydrogen-bond donors (Lipinski definition) is 0. The molecule has 5 heteroatoms. The highest BCUT2D eigenvalue weighted by Gasteiger charge is 2.32. The third-order valence-electron chi connectivity index (χ3n) is 3.60. The predicted molar refractivity (Wildman–Crippen MR) is 80.2 cm³/mol. The maximum atomic E-state index is 12.4. The van der Waals surface area contributed by atoms with Gasteiger partial charge >= 0.3 is 0 Å². The smallest absolute Gasteiger partial charge is 0.214 e. The van der Waals surface area contributed by atoms with Crippen LogP contribution in [0.15, 0.2) is 30.3 Å². The first-order chi connectivity index (χ1) is 9.63. The van der Waals surface area contributed by atoms with Crippen LogP contribution in [-0.4, -0.2) is 44.3 Å². The number of nitrogens with zero attached hydrogens (tertiary/aromatic N) is 1. The largest absolute Gasteiger partial charge is 0.378 e. The molecule has 0 aromatic heterocycles. The van der Waals surface area contributed by atoms with Gasteiger partial charge in [-0.1, -0.05) is 43.7 Å². The van der Waals surface area contributed by atoms with Crippen molar-refractivity contribution in [2.75, 3.05) is 25.5 Å². The topological polar surface area (TPSA) is 46.6 Å². The molecule has 0 saturated carbocycles. The fraction of sp³-hybridized carbons (Fsp3) is 0.600. The van der Waals surface area contributed by atoms with E-state index in [2.05, 4.69) is 0 Å². The lowest BCUT2D eigenvalue weighted by molar-refractivity contribution is 0.0328. The Kier molecular flexibility index (Phi) is 5.57. The monoisotopic (exact) mass is 297 g/mol. The van der Waals surface area contributed by atoms with Crippen LogP contribution in [0.5, 0.6) is 0 Å². The number of morpholine rings is 1. The van der Waals surface area contributed by atoms with E-state index in [0.717, 1.165) is 18.4 Å². The van der Waals surface area contributed by atoms with E-state index in [9.17, 15) is 8.42 Å². The molecule has 1 fully saturated rings. The van der Waals surface area contributed by atoms with Gasteiger partial charge in [-0.2, -0.15) is 4.31 Å². The molecule has 1 unspecified atom stereocenters. The fourth-order valence-corrected chi connectivity index (χ4v) is 4.33. The van der Waals surface area contributed by atoms with Crippen molar-refractivity contribution in [3.63, 3.8) is 0 Å². The zero-order valence-electron chi connectivity index (χ0n) is 12.0. The zero-order chi connectivity index (χ0) is 14.4. The molecule has 1 aromatic rings. The van der Waals surface area contributed by atoms with Crippen molar-refractivity contribution in [2.24, 2.45) is 0 Å². The first-order valence-corrected chi connectivity index (χ1v) is 8.85. The molecule has 0 amide bonds. The Bertz CT molecular complexity index is 501. The number of hydrogen-bond acceptors (Lipinski definition) is 3. The summed E-state index contributed by atoms with van der Waals surface area (Å²) in [6.45, 7) is 3.47. The third-order valence-corrected chi connectivity index (χ3v) is 5.60. The Labute approximate surface area is 121 Å². The van der Waals surface area contributed by atoms with Crippen molar-refractivity contribution in [3.8, 4) is 0 Å². The van der Waals surface area contributed by atoms with Crippen molar-refractivity contribution >= 4 is 10.0 Å². The molecule has 1 aromatic carbocycles. The molecular formula is C15H23NO3S. The van der Waals surface area contributed by atoms with E-state index >= 15 is 0 Å². The van der Waals surface area contributed by atoms with Crippen molar-refractivity contribution < 1.29 is 13.2 Å². The van der Waals surface area contributed by atoms with Crippen molar-refractivity contribution in [2.45, 2.75) is 32.2 Å². The number of rotatable bonds is 6. The Balaban J connectivity index is 2.09. The van der Waals surface area contributed by atoms with Crippen molar-refractivity contribution in [3.05, 3.63) is 35.9 Å². The number of ether oxygens (including phenoxy) is 1. The van der Waals surface area contributed by atoms with Crippen LogP contribution in [0.4, 0.5) is 0 Å². The zero-order valence-corrected chi connectivity index (χ0v) is 12.8. The average molecular weight is 297 g/mol. The molecule has 1 atom stereocenters. The number of sulfonamides is 1. The van der Waals surface area contributed by atoms with Gasteiger partial charge in [0.15, 0.2) is 0 Å². The molecular weight excluding hydrogens is 274 g/mol. The van der Waals surface area contributed by atoms with Crippen LogP contribution in [0.3, 0.4) is 0 Å². The normalized spacial score (nSPS) is 20.9. The molecule has 112 valence electrons. The third kappa shape index (κ3) is 4.04. The molecule has 1 aliphatic rings. The first kappa shape index (κ1) is 15.5. The van der Waals surface area contributed by atoms with Gasteiger partial charge in [0.25, 0.3) is 0 Å². The standard InChI is InChI=1S/C15H23NO3S/c1-2-3-11-20(17,18)16-9-10-19-13-15(16)12-14-7-5-4-6-8-14/h4-8,15H,2-3,9-13H2,1H3. The van der Waals surface area contributed by atoms with Gasteiger partial charge < -0.3 is 4.74 Å². The second-order valence-corrected chi connectivity index (χ2v) is 7.24. The molecule has 1 saturated heterocycles. The van der Waals surface area contributed by atoms with E-state index in [1.54, 1.807) is 4.31 Å². The molecule has 0 N–H and O–H groups in total. The summed E-state index contributed by atoms with van der Waals surface area (Å²) in [5.74, 6) is 0.245. The molecule has 1 heterocycles. The maximum absolute atomic E-state index is 12.4. The van der Waals surface area contributed by atoms with Crippen LogP contribution < -0.4 is 0 Å². The highest BCUT2D eigenvalue weighted by molar-refractivity contribution is 7.89. The van der Waals surface area contributed by atoms with Gasteiger partial charge in [-0.15, -0.1) is 0 Å². The van der Waals surface area contributed by atoms with Gasteiger partial charge in [-0.05, 0) is 18.4 Å². The highest BCUT2D eigenvalue weighted by Crippen LogP contribution is 2.18. The Morgan fingerprint density at radius 3 is 2.75 bits per heavy atom. The quantitative estimate of drug-likeness (QED) is 0.807. The molecule has 0 aliphatic carbocycles. The van der Waals surface area contributed by atoms with Gasteiger partial charge in [0.2, 0.25) is 10.0 Å². The summed E-state index contributed by atoms with van der Waals surface area (Å²) in [5, 5.41) is 0. The summed E-state index contributed by atoms with van der Waals surface area (Å²) < 4.78 is 32.0. The number of benzene rings is 1. The predicted octanol–water partition coefficient (Wildman–Crippen LogP) is 2.06. The summed E-state index contributed by atoms with van der Waals surface area (Å²) in [6.07, 6.45) is 2.33. The minimum absolute atomic E-state index is 0.0759. The van der Waals surface area contributed by atoms with Gasteiger partial charge in [0.1, 0.15) is 0 Å². The van der Waals surface area contributed by atoms with E-state index in [1.165, 1.54) is 0 Å². The summed E-state index contributed by atoms with van der Waals surface area (Å²) in [5.41, 5.74) is 1.15. The SMILES string of the molecule is CCCCS(=O)(=O)N1CCOCC1Cc1ccccc1. The fourth-order valence-electron chi connectivity index (χ4n) is 2.50. The van der Waals surface area contributed by atoms with Gasteiger partial charge in [0.05, 0.1) is 25.0 Å². The molecule has 20 heavy (non-hydrogen) atoms. The Hall–Kier alpha value is -0.910. The van der Waals surface area contributed by atoms with E-state index in [1.807, 2.05) is 37.3 Å². The van der Waals surface area contributed by atoms with E-state index in [4.69, 9.17) is 4.74 Å². The van der Waals surface area contributed by atoms with Crippen LogP contribution >= 0.6 is 0 Å². The summed E-state index contributed by atoms with van der Waals surface area (Å²) >= 11 is 0. The van der Waals surface area contributed by atoms with E-state index < -0.39 is 10.0 Å². The molecule has 4 nitrogen and oxygen atoms in total. The van der Waals surface area contributed by atoms with Crippen molar-refractivity contribution in [1.82, 2.24) is 4.31 Å². The van der Waals surface area contributed by atoms with E-state index in [0.29, 0.717) is 26.2 Å². The van der Waals surface area contributed by atoms with Crippen LogP contribution in [0.2, 0.25) is 0 Å². The molecule has 2 rings (SSSR count). The van der Waals surface area contributed by atoms with Crippen LogP contribution in [0.1, 0.15) is 25.3 Å². The lowest BCUT2D eigenvalue weighted by Gasteiger charge is -2.34. The lowest BCUT2D eigenvalue weighted by Crippen LogP contribution is -2.50. The van der Waals surface area contributed by atoms with Crippen LogP contribution in [-0.2, 0) is 21.2 Å². The van der Waals surface area contributed by atoms with Gasteiger partial charge in [-0.3, -0.25) is 0 Å². The van der Waals surface area contributed by atoms with Gasteiger partial charge in [0, 0.05) is 6.54 Å². The van der Waals surface area contributed by atoms with Crippen LogP contribution in [0, 0.1) is 0 Å². The molecule has 0 spiro atoms. The first-order valence-electron chi connectivity index (χ1n) is 7.24. The van der Waals surface area contributed by atoms with Crippen LogP contribution in [0.25, 0.3) is 0 Å². The summed E-state index contributed by atoms with van der Waals surface area (Å²) in [6, 6.07) is 9.92. The Morgan fingerprint density at radius 1 is 1.30 bits per heavy atom. The minimum atomic E-state index is -3.16. The average Bonchev–Trinajstić information content (AvgIpc) is 2.47. The van der Waals surface area contributed by atoms with Crippen molar-refractivity contribution in [1.29, 1.82) is 0 Å². The maximum Gasteiger partial charge on any atom is 0.214 e. The molecule has 0 bridgehead atoms. The summed E-state index contributed by atoms with van der Waals surface area (Å²) in [4.78, 5) is 0. The van der Waals surface area contributed by atoms with Gasteiger partial charge in [-0.25, -0.2) is 8.42 Å². The second-order valence-electron chi connectivity index (χ2n) is 5.20. The number of unbranched alkanes of at least 4 members (excludes halogenated alkanes) is 1. The molecule has 0 radical (unpaired) electrons. The second kappa shape index (κ2) is 7.20. The highest BCUT2D eigenvalue weighted by atomic mass is 32.2.